The number of nitrogens with zero attached hydrogens (tertiary/aromatic N) is 6. The van der Waals surface area contributed by atoms with Crippen molar-refractivity contribution < 1.29 is 37.3 Å². The third-order valence-corrected chi connectivity index (χ3v) is 11.6. The number of hydrazone groups is 3. The van der Waals surface area contributed by atoms with Crippen molar-refractivity contribution in [1.82, 2.24) is 26.2 Å². The van der Waals surface area contributed by atoms with Gasteiger partial charge in [-0.15, -0.1) is 0 Å². The summed E-state index contributed by atoms with van der Waals surface area (Å²) in [6.45, 7) is 2.02. The fourth-order valence-electron chi connectivity index (χ4n) is 6.00. The molecule has 0 spiro atoms. The second kappa shape index (κ2) is 28.0. The van der Waals surface area contributed by atoms with E-state index in [1.807, 2.05) is 79.7 Å². The smallest absolute Gasteiger partial charge is 0.271 e. The quantitative estimate of drug-likeness (QED) is 0.0437. The van der Waals surface area contributed by atoms with E-state index in [1.54, 1.807) is 85.2 Å². The van der Waals surface area contributed by atoms with Crippen molar-refractivity contribution in [2.45, 2.75) is 33.8 Å². The zero-order valence-corrected chi connectivity index (χ0v) is 41.8. The number of hydrogen-bond donors (Lipinski definition) is 3. The number of aromatic nitrogens is 2. The fraction of sp³-hybridized carbons (Fsp3) is 0.0370. The Hall–Kier alpha value is -9.37. The normalized spacial score (nSPS) is 10.8. The van der Waals surface area contributed by atoms with Crippen molar-refractivity contribution >= 4 is 77.2 Å². The predicted octanol–water partition coefficient (Wildman–Crippen LogP) is 11.7. The molecular formula is C54H42ClN9O9S2. The number of hydrogen-bond acceptors (Lipinski definition) is 16. The van der Waals surface area contributed by atoms with Gasteiger partial charge in [-0.25, -0.2) is 26.2 Å². The zero-order valence-electron chi connectivity index (χ0n) is 39.4. The summed E-state index contributed by atoms with van der Waals surface area (Å²) in [5.74, 6) is 1.62. The summed E-state index contributed by atoms with van der Waals surface area (Å²) in [4.78, 5) is 54.4. The maximum absolute atomic E-state index is 12.0. The molecule has 0 fully saturated rings. The van der Waals surface area contributed by atoms with Crippen LogP contribution in [0.25, 0.3) is 0 Å². The average molecular weight is 1060 g/mol. The van der Waals surface area contributed by atoms with Gasteiger partial charge in [0.2, 0.25) is 0 Å². The molecule has 3 N–H and O–H groups in total. The second-order valence-corrected chi connectivity index (χ2v) is 17.5. The Morgan fingerprint density at radius 1 is 0.600 bits per heavy atom. The van der Waals surface area contributed by atoms with Gasteiger partial charge in [-0.05, 0) is 145 Å². The summed E-state index contributed by atoms with van der Waals surface area (Å²) >= 11 is 8.68. The molecule has 18 nitrogen and oxygen atoms in total. The van der Waals surface area contributed by atoms with Gasteiger partial charge in [0.25, 0.3) is 23.4 Å². The van der Waals surface area contributed by atoms with E-state index < -0.39 is 10.8 Å². The van der Waals surface area contributed by atoms with Gasteiger partial charge in [-0.3, -0.25) is 24.5 Å². The molecular weight excluding hydrogens is 1020 g/mol. The fourth-order valence-corrected chi connectivity index (χ4v) is 7.67. The van der Waals surface area contributed by atoms with Crippen molar-refractivity contribution in [3.8, 4) is 5.75 Å². The van der Waals surface area contributed by atoms with Crippen LogP contribution in [0, 0.1) is 17.0 Å². The third kappa shape index (κ3) is 17.7. The first kappa shape index (κ1) is 53.4. The highest BCUT2D eigenvalue weighted by molar-refractivity contribution is 7.99. The maximum Gasteiger partial charge on any atom is 0.271 e. The molecule has 0 aliphatic carbocycles. The van der Waals surface area contributed by atoms with E-state index in [9.17, 15) is 24.5 Å². The Labute approximate surface area is 442 Å². The number of amides is 3. The largest absolute Gasteiger partial charge is 0.486 e. The summed E-state index contributed by atoms with van der Waals surface area (Å²) in [5.41, 5.74) is 9.77. The molecule has 9 aromatic rings. The van der Waals surface area contributed by atoms with Crippen LogP contribution in [-0.2, 0) is 6.61 Å². The lowest BCUT2D eigenvalue weighted by Crippen LogP contribution is -2.18. The lowest BCUT2D eigenvalue weighted by atomic mass is 10.1. The molecule has 9 rings (SSSR count). The topological polar surface area (TPSA) is 242 Å². The number of aryl methyl sites for hydroxylation is 1. The predicted molar refractivity (Wildman–Crippen MR) is 285 cm³/mol. The number of non-ortho nitro benzene ring substituents is 1. The van der Waals surface area contributed by atoms with Crippen molar-refractivity contribution in [2.75, 3.05) is 0 Å². The van der Waals surface area contributed by atoms with Gasteiger partial charge in [-0.1, -0.05) is 66.2 Å². The number of nitrogens with one attached hydrogen (secondary N) is 3. The summed E-state index contributed by atoms with van der Waals surface area (Å²) in [5, 5.41) is 25.9. The first-order valence-electron chi connectivity index (χ1n) is 22.2. The number of ether oxygens (including phenoxy) is 1. The van der Waals surface area contributed by atoms with E-state index in [0.717, 1.165) is 15.6 Å². The van der Waals surface area contributed by atoms with E-state index in [0.29, 0.717) is 60.7 Å². The molecule has 0 bridgehead atoms. The second-order valence-electron chi connectivity index (χ2n) is 15.0. The first-order valence-corrected chi connectivity index (χ1v) is 24.3. The highest BCUT2D eigenvalue weighted by Gasteiger charge is 2.10. The van der Waals surface area contributed by atoms with E-state index in [2.05, 4.69) is 41.5 Å². The first-order chi connectivity index (χ1) is 36.5. The monoisotopic (exact) mass is 1060 g/mol. The molecule has 0 aliphatic rings. The minimum absolute atomic E-state index is 0.0105. The molecule has 0 radical (unpaired) electrons. The van der Waals surface area contributed by atoms with Crippen molar-refractivity contribution in [2.24, 2.45) is 15.3 Å². The SMILES string of the molecule is Cc1ccccc1C(=O)N/N=C/c1ccc(Sc2ccccn2)o1.O=C(N/N=C/c1ccc(COc2ccc([N+](=O)[O-])cc2)o1)c1cccc(Cl)c1.O=C(N/N=C/c1ccc(Sc2ccccn2)o1)c1ccccc1. The lowest BCUT2D eigenvalue weighted by Gasteiger charge is -2.03. The van der Waals surface area contributed by atoms with Gasteiger partial charge in [-0.2, -0.15) is 15.3 Å². The van der Waals surface area contributed by atoms with Crippen molar-refractivity contribution in [3.63, 3.8) is 0 Å². The van der Waals surface area contributed by atoms with Crippen LogP contribution >= 0.6 is 35.1 Å². The minimum Gasteiger partial charge on any atom is -0.486 e. The molecule has 0 aliphatic heterocycles. The van der Waals surface area contributed by atoms with Crippen LogP contribution in [0.2, 0.25) is 5.02 Å². The number of carbonyl (C=O) groups excluding carboxylic acids is 3. The number of carbonyl (C=O) groups is 3. The number of furan rings is 3. The van der Waals surface area contributed by atoms with Gasteiger partial charge in [0.15, 0.2) is 10.2 Å². The van der Waals surface area contributed by atoms with E-state index in [4.69, 9.17) is 29.6 Å². The molecule has 0 saturated carbocycles. The molecule has 0 unspecified atom stereocenters. The molecule has 5 heterocycles. The molecule has 0 saturated heterocycles. The Morgan fingerprint density at radius 3 is 1.68 bits per heavy atom. The summed E-state index contributed by atoms with van der Waals surface area (Å²) < 4.78 is 22.2. The Balaban J connectivity index is 0.000000165. The number of rotatable bonds is 17. The van der Waals surface area contributed by atoms with Gasteiger partial charge in [0.05, 0.1) is 23.6 Å². The van der Waals surface area contributed by atoms with Gasteiger partial charge in [0, 0.05) is 46.2 Å². The number of pyridine rings is 2. The highest BCUT2D eigenvalue weighted by Crippen LogP contribution is 2.28. The molecule has 376 valence electrons. The standard InChI is InChI=1S/C19H14ClN3O5.C18H15N3O2S.C17H13N3O2S/c20-14-3-1-2-13(10-14)19(24)22-21-11-17-8-9-18(28-17)12-27-16-6-4-15(5-7-16)23(25)26;1-13-6-2-3-7-15(13)18(22)21-20-12-14-9-10-17(23-14)24-16-8-4-5-11-19-16;21-17(13-6-2-1-3-7-13)20-19-12-14-9-10-16(22-14)23-15-8-4-5-11-18-15/h1-11H,12H2,(H,22,24);2-12H,1H3,(H,21,22);1-12H,(H,20,21)/b21-11+;20-12+;19-12+. The van der Waals surface area contributed by atoms with Gasteiger partial charge in [0.1, 0.15) is 45.4 Å². The van der Waals surface area contributed by atoms with Crippen LogP contribution in [0.1, 0.15) is 59.7 Å². The molecule has 75 heavy (non-hydrogen) atoms. The zero-order chi connectivity index (χ0) is 52.6. The minimum atomic E-state index is -0.479. The van der Waals surface area contributed by atoms with Crippen LogP contribution in [-0.4, -0.2) is 51.3 Å². The Kier molecular flexibility index (Phi) is 20.0. The van der Waals surface area contributed by atoms with Crippen LogP contribution in [0.3, 0.4) is 0 Å². The number of halogens is 1. The molecule has 21 heteroatoms. The van der Waals surface area contributed by atoms with Crippen molar-refractivity contribution in [1.29, 1.82) is 0 Å². The van der Waals surface area contributed by atoms with Crippen LogP contribution in [0.15, 0.2) is 237 Å². The molecule has 0 atom stereocenters. The number of nitro benzene ring substituents is 1. The van der Waals surface area contributed by atoms with Crippen LogP contribution < -0.4 is 21.0 Å². The summed E-state index contributed by atoms with van der Waals surface area (Å²) in [6, 6.07) is 50.4. The Bertz CT molecular complexity index is 3390. The highest BCUT2D eigenvalue weighted by atomic mass is 35.5. The number of benzene rings is 4. The molecule has 5 aromatic heterocycles. The molecule has 3 amide bonds. The summed E-state index contributed by atoms with van der Waals surface area (Å²) in [7, 11) is 0. The summed E-state index contributed by atoms with van der Waals surface area (Å²) in [6.07, 6.45) is 7.75. The van der Waals surface area contributed by atoms with Gasteiger partial charge < -0.3 is 18.0 Å². The van der Waals surface area contributed by atoms with Crippen LogP contribution in [0.5, 0.6) is 5.75 Å². The lowest BCUT2D eigenvalue weighted by molar-refractivity contribution is -0.384. The number of nitro groups is 1. The Morgan fingerprint density at radius 2 is 1.12 bits per heavy atom. The van der Waals surface area contributed by atoms with Crippen molar-refractivity contribution in [3.05, 3.63) is 249 Å². The average Bonchev–Trinajstić information content (AvgIpc) is 4.21. The van der Waals surface area contributed by atoms with E-state index in [1.165, 1.54) is 72.5 Å². The maximum atomic E-state index is 12.0. The van der Waals surface area contributed by atoms with Gasteiger partial charge >= 0.3 is 0 Å². The van der Waals surface area contributed by atoms with E-state index >= 15 is 0 Å². The van der Waals surface area contributed by atoms with Crippen LogP contribution in [0.4, 0.5) is 5.69 Å². The molecule has 4 aromatic carbocycles. The third-order valence-electron chi connectivity index (χ3n) is 9.59. The van der Waals surface area contributed by atoms with E-state index in [-0.39, 0.29) is 24.1 Å².